The lowest BCUT2D eigenvalue weighted by atomic mass is 9.82. The number of hydrogen-bond donors (Lipinski definition) is 0. The van der Waals surface area contributed by atoms with Crippen LogP contribution in [0.15, 0.2) is 156 Å². The predicted octanol–water partition coefficient (Wildman–Crippen LogP) is 11.6. The summed E-state index contributed by atoms with van der Waals surface area (Å²) in [7, 11) is 0. The Hall–Kier alpha value is -6.92. The number of furan rings is 1. The highest BCUT2D eigenvalue weighted by Crippen LogP contribution is 2.50. The first kappa shape index (κ1) is 29.8. The van der Waals surface area contributed by atoms with Crippen LogP contribution in [-0.4, -0.2) is 24.5 Å². The molecule has 250 valence electrons. The number of pyridine rings is 1. The summed E-state index contributed by atoms with van der Waals surface area (Å²) in [5.41, 5.74) is 12.5. The summed E-state index contributed by atoms with van der Waals surface area (Å²) in [5, 5.41) is 4.46. The van der Waals surface area contributed by atoms with E-state index in [2.05, 4.69) is 97.3 Å². The zero-order chi connectivity index (χ0) is 35.3. The molecule has 6 nitrogen and oxygen atoms in total. The summed E-state index contributed by atoms with van der Waals surface area (Å²) < 4.78 is 8.41. The largest absolute Gasteiger partial charge is 0.456 e. The van der Waals surface area contributed by atoms with Crippen molar-refractivity contribution < 1.29 is 4.42 Å². The standard InChI is InChI=1S/C47H31N5O/c1-47(2)38-26-30(18-21-32(38)33-22-20-31(27-39(33)47)52-40-16-8-6-13-34(40)36-15-10-24-48-46(36)52)45-50-43(28-11-4-3-5-12-28)49-44(51-45)29-19-23-42-37(25-29)35-14-7-9-17-41(35)53-42/h3-27H,1-2H3. The van der Waals surface area contributed by atoms with Crippen LogP contribution in [-0.2, 0) is 5.41 Å². The van der Waals surface area contributed by atoms with Crippen molar-refractivity contribution in [2.24, 2.45) is 0 Å². The molecule has 1 aliphatic carbocycles. The first-order valence-electron chi connectivity index (χ1n) is 17.9. The van der Waals surface area contributed by atoms with Crippen molar-refractivity contribution in [1.82, 2.24) is 24.5 Å². The summed E-state index contributed by atoms with van der Waals surface area (Å²) >= 11 is 0. The maximum atomic E-state index is 6.13. The summed E-state index contributed by atoms with van der Waals surface area (Å²) in [5.74, 6) is 1.89. The maximum absolute atomic E-state index is 6.13. The zero-order valence-electron chi connectivity index (χ0n) is 29.1. The van der Waals surface area contributed by atoms with Gasteiger partial charge in [-0.15, -0.1) is 0 Å². The van der Waals surface area contributed by atoms with Crippen molar-refractivity contribution in [3.8, 4) is 51.0 Å². The number of fused-ring (bicyclic) bond motifs is 9. The van der Waals surface area contributed by atoms with Gasteiger partial charge in [0, 0.05) is 55.5 Å². The second kappa shape index (κ2) is 11.0. The highest BCUT2D eigenvalue weighted by Gasteiger charge is 2.36. The molecule has 10 aromatic rings. The molecule has 0 radical (unpaired) electrons. The van der Waals surface area contributed by atoms with Gasteiger partial charge in [0.05, 0.1) is 5.52 Å². The Morgan fingerprint density at radius 3 is 1.94 bits per heavy atom. The Morgan fingerprint density at radius 1 is 0.491 bits per heavy atom. The van der Waals surface area contributed by atoms with Crippen LogP contribution in [0.3, 0.4) is 0 Å². The van der Waals surface area contributed by atoms with E-state index in [1.807, 2.05) is 72.9 Å². The number of nitrogens with zero attached hydrogens (tertiary/aromatic N) is 5. The highest BCUT2D eigenvalue weighted by molar-refractivity contribution is 6.08. The molecule has 0 bridgehead atoms. The lowest BCUT2D eigenvalue weighted by molar-refractivity contribution is 0.660. The highest BCUT2D eigenvalue weighted by atomic mass is 16.3. The third-order valence-corrected chi connectivity index (χ3v) is 10.9. The molecule has 6 aromatic carbocycles. The van der Waals surface area contributed by atoms with Gasteiger partial charge in [0.25, 0.3) is 0 Å². The minimum absolute atomic E-state index is 0.269. The van der Waals surface area contributed by atoms with E-state index in [1.54, 1.807) is 0 Å². The second-order valence-corrected chi connectivity index (χ2v) is 14.3. The van der Waals surface area contributed by atoms with Crippen molar-refractivity contribution >= 4 is 43.9 Å². The molecular weight excluding hydrogens is 651 g/mol. The number of rotatable bonds is 4. The Kier molecular flexibility index (Phi) is 6.20. The molecule has 6 heteroatoms. The van der Waals surface area contributed by atoms with Gasteiger partial charge in [-0.1, -0.05) is 98.8 Å². The van der Waals surface area contributed by atoms with Crippen molar-refractivity contribution in [1.29, 1.82) is 0 Å². The fourth-order valence-electron chi connectivity index (χ4n) is 8.28. The summed E-state index contributed by atoms with van der Waals surface area (Å²) in [6.07, 6.45) is 1.87. The van der Waals surface area contributed by atoms with Crippen LogP contribution in [0, 0.1) is 0 Å². The van der Waals surface area contributed by atoms with E-state index in [-0.39, 0.29) is 5.41 Å². The van der Waals surface area contributed by atoms with Gasteiger partial charge in [-0.2, -0.15) is 0 Å². The molecule has 0 amide bonds. The maximum Gasteiger partial charge on any atom is 0.164 e. The van der Waals surface area contributed by atoms with E-state index < -0.39 is 0 Å². The molecule has 11 rings (SSSR count). The van der Waals surface area contributed by atoms with Gasteiger partial charge in [0.1, 0.15) is 16.8 Å². The van der Waals surface area contributed by atoms with Gasteiger partial charge in [-0.05, 0) is 82.9 Å². The van der Waals surface area contributed by atoms with Crippen LogP contribution in [0.25, 0.3) is 94.9 Å². The monoisotopic (exact) mass is 681 g/mol. The molecule has 0 N–H and O–H groups in total. The molecule has 0 atom stereocenters. The Morgan fingerprint density at radius 2 is 1.11 bits per heavy atom. The van der Waals surface area contributed by atoms with Crippen molar-refractivity contribution in [2.75, 3.05) is 0 Å². The zero-order valence-corrected chi connectivity index (χ0v) is 29.1. The minimum atomic E-state index is -0.269. The van der Waals surface area contributed by atoms with Crippen LogP contribution in [0.5, 0.6) is 0 Å². The minimum Gasteiger partial charge on any atom is -0.456 e. The molecule has 0 fully saturated rings. The normalized spacial score (nSPS) is 13.2. The fourth-order valence-corrected chi connectivity index (χ4v) is 8.28. The van der Waals surface area contributed by atoms with Crippen LogP contribution < -0.4 is 0 Å². The van der Waals surface area contributed by atoms with E-state index in [0.29, 0.717) is 17.5 Å². The Labute approximate surface area is 305 Å². The molecule has 0 saturated carbocycles. The molecular formula is C47H31N5O. The van der Waals surface area contributed by atoms with E-state index in [0.717, 1.165) is 60.9 Å². The lowest BCUT2D eigenvalue weighted by Gasteiger charge is -2.23. The Bertz CT molecular complexity index is 3050. The van der Waals surface area contributed by atoms with E-state index >= 15 is 0 Å². The third-order valence-electron chi connectivity index (χ3n) is 10.9. The van der Waals surface area contributed by atoms with Crippen molar-refractivity contribution in [3.63, 3.8) is 0 Å². The van der Waals surface area contributed by atoms with Crippen molar-refractivity contribution in [2.45, 2.75) is 19.3 Å². The predicted molar refractivity (Wildman–Crippen MR) is 213 cm³/mol. The topological polar surface area (TPSA) is 69.6 Å². The van der Waals surface area contributed by atoms with Gasteiger partial charge in [-0.25, -0.2) is 19.9 Å². The molecule has 0 unspecified atom stereocenters. The molecule has 0 spiro atoms. The quantitative estimate of drug-likeness (QED) is 0.185. The van der Waals surface area contributed by atoms with E-state index in [1.165, 1.54) is 27.6 Å². The average Bonchev–Trinajstić information content (AvgIpc) is 3.83. The van der Waals surface area contributed by atoms with Crippen LogP contribution in [0.4, 0.5) is 0 Å². The van der Waals surface area contributed by atoms with Gasteiger partial charge >= 0.3 is 0 Å². The second-order valence-electron chi connectivity index (χ2n) is 14.3. The van der Waals surface area contributed by atoms with Crippen LogP contribution in [0.2, 0.25) is 0 Å². The fraction of sp³-hybridized carbons (Fsp3) is 0.0638. The van der Waals surface area contributed by atoms with Gasteiger partial charge in [-0.3, -0.25) is 4.57 Å². The number of benzene rings is 6. The average molecular weight is 682 g/mol. The molecule has 4 aromatic heterocycles. The summed E-state index contributed by atoms with van der Waals surface area (Å²) in [6.45, 7) is 4.63. The van der Waals surface area contributed by atoms with Crippen molar-refractivity contribution in [3.05, 3.63) is 163 Å². The van der Waals surface area contributed by atoms with Crippen LogP contribution >= 0.6 is 0 Å². The van der Waals surface area contributed by atoms with Gasteiger partial charge < -0.3 is 4.42 Å². The molecule has 0 saturated heterocycles. The number of para-hydroxylation sites is 2. The first-order chi connectivity index (χ1) is 26.0. The van der Waals surface area contributed by atoms with E-state index in [9.17, 15) is 0 Å². The number of aromatic nitrogens is 5. The number of hydrogen-bond acceptors (Lipinski definition) is 5. The lowest BCUT2D eigenvalue weighted by Crippen LogP contribution is -2.15. The Balaban J connectivity index is 1.05. The van der Waals surface area contributed by atoms with E-state index in [4.69, 9.17) is 24.4 Å². The summed E-state index contributed by atoms with van der Waals surface area (Å²) in [6, 6.07) is 50.6. The molecule has 1 aliphatic rings. The van der Waals surface area contributed by atoms with Gasteiger partial charge in [0.15, 0.2) is 17.5 Å². The first-order valence-corrected chi connectivity index (χ1v) is 17.9. The molecule has 0 aliphatic heterocycles. The smallest absolute Gasteiger partial charge is 0.164 e. The van der Waals surface area contributed by atoms with Gasteiger partial charge in [0.2, 0.25) is 0 Å². The molecule has 4 heterocycles. The SMILES string of the molecule is CC1(C)c2cc(-c3nc(-c4ccccc4)nc(-c4ccc5oc6ccccc6c5c4)n3)ccc2-c2ccc(-n3c4ccccc4c4cccnc43)cc21. The third kappa shape index (κ3) is 4.45. The van der Waals surface area contributed by atoms with Crippen LogP contribution in [0.1, 0.15) is 25.0 Å². The summed E-state index contributed by atoms with van der Waals surface area (Å²) in [4.78, 5) is 20.1. The molecule has 53 heavy (non-hydrogen) atoms.